The molecule has 4 nitrogen and oxygen atoms in total. The number of halogens is 2. The zero-order valence-corrected chi connectivity index (χ0v) is 11.3. The normalized spacial score (nSPS) is 12.4. The molecule has 1 unspecified atom stereocenters. The molecule has 0 radical (unpaired) electrons. The van der Waals surface area contributed by atoms with Crippen LogP contribution in [-0.4, -0.2) is 16.2 Å². The molecule has 0 aliphatic heterocycles. The summed E-state index contributed by atoms with van der Waals surface area (Å²) in [4.78, 5) is 11.0. The molecule has 6 heteroatoms. The first kappa shape index (κ1) is 13.1. The van der Waals surface area contributed by atoms with Crippen LogP contribution in [0.1, 0.15) is 27.8 Å². The molecule has 2 rings (SSSR count). The highest BCUT2D eigenvalue weighted by atomic mass is 79.9. The molecular weight excluding hydrogens is 323 g/mol. The third kappa shape index (κ3) is 2.43. The quantitative estimate of drug-likeness (QED) is 0.903. The van der Waals surface area contributed by atoms with E-state index in [-0.39, 0.29) is 11.3 Å². The second kappa shape index (κ2) is 5.14. The topological polar surface area (TPSA) is 70.7 Å². The Balaban J connectivity index is 2.47. The monoisotopic (exact) mass is 330 g/mol. The van der Waals surface area contributed by atoms with Crippen molar-refractivity contribution in [3.63, 3.8) is 0 Å². The Morgan fingerprint density at radius 1 is 1.39 bits per heavy atom. The van der Waals surface area contributed by atoms with E-state index in [0.29, 0.717) is 15.1 Å². The molecule has 18 heavy (non-hydrogen) atoms. The van der Waals surface area contributed by atoms with Crippen LogP contribution in [0.2, 0.25) is 5.02 Å². The van der Waals surface area contributed by atoms with Gasteiger partial charge < -0.3 is 14.6 Å². The third-order valence-corrected chi connectivity index (χ3v) is 3.38. The number of hydrogen-bond acceptors (Lipinski definition) is 3. The summed E-state index contributed by atoms with van der Waals surface area (Å²) in [5.41, 5.74) is 0.370. The number of furan rings is 1. The average Bonchev–Trinajstić information content (AvgIpc) is 2.80. The van der Waals surface area contributed by atoms with Crippen LogP contribution in [0.25, 0.3) is 0 Å². The number of carbonyl (C=O) groups is 1. The lowest BCUT2D eigenvalue weighted by Crippen LogP contribution is -2.06. The van der Waals surface area contributed by atoms with Crippen LogP contribution in [0.15, 0.2) is 39.4 Å². The van der Waals surface area contributed by atoms with E-state index in [2.05, 4.69) is 15.9 Å². The van der Waals surface area contributed by atoms with Crippen molar-refractivity contribution in [3.8, 4) is 0 Å². The first-order valence-corrected chi connectivity index (χ1v) is 6.11. The molecular formula is C12H8BrClO4. The van der Waals surface area contributed by atoms with E-state index in [1.807, 2.05) is 0 Å². The standard InChI is InChI=1S/C12H8BrClO4/c13-9-2-1-6(14)5-8(9)10(15)11-7(12(16)17)3-4-18-11/h1-5,10,15H,(H,16,17). The van der Waals surface area contributed by atoms with Crippen molar-refractivity contribution < 1.29 is 19.4 Å². The van der Waals surface area contributed by atoms with Gasteiger partial charge >= 0.3 is 5.97 Å². The van der Waals surface area contributed by atoms with Crippen molar-refractivity contribution in [2.24, 2.45) is 0 Å². The molecule has 94 valence electrons. The minimum absolute atomic E-state index is 0.0227. The predicted molar refractivity (Wildman–Crippen MR) is 68.9 cm³/mol. The summed E-state index contributed by atoms with van der Waals surface area (Å²) in [5, 5.41) is 19.6. The van der Waals surface area contributed by atoms with Crippen LogP contribution in [0.4, 0.5) is 0 Å². The summed E-state index contributed by atoms with van der Waals surface area (Å²) >= 11 is 9.12. The van der Waals surface area contributed by atoms with Crippen molar-refractivity contribution in [1.29, 1.82) is 0 Å². The van der Waals surface area contributed by atoms with Gasteiger partial charge in [-0.1, -0.05) is 27.5 Å². The highest BCUT2D eigenvalue weighted by Gasteiger charge is 2.23. The first-order chi connectivity index (χ1) is 8.50. The first-order valence-electron chi connectivity index (χ1n) is 4.94. The summed E-state index contributed by atoms with van der Waals surface area (Å²) in [6, 6.07) is 6.16. The fourth-order valence-electron chi connectivity index (χ4n) is 1.57. The third-order valence-electron chi connectivity index (χ3n) is 2.43. The molecule has 0 saturated heterocycles. The van der Waals surface area contributed by atoms with Crippen LogP contribution in [0, 0.1) is 0 Å². The van der Waals surface area contributed by atoms with Gasteiger partial charge in [-0.15, -0.1) is 0 Å². The molecule has 1 aromatic carbocycles. The lowest BCUT2D eigenvalue weighted by molar-refractivity contribution is 0.0687. The van der Waals surface area contributed by atoms with Gasteiger partial charge in [-0.2, -0.15) is 0 Å². The lowest BCUT2D eigenvalue weighted by Gasteiger charge is -2.11. The maximum absolute atomic E-state index is 11.0. The highest BCUT2D eigenvalue weighted by Crippen LogP contribution is 2.32. The van der Waals surface area contributed by atoms with E-state index < -0.39 is 12.1 Å². The minimum Gasteiger partial charge on any atom is -0.478 e. The zero-order chi connectivity index (χ0) is 13.3. The maximum atomic E-state index is 11.0. The maximum Gasteiger partial charge on any atom is 0.339 e. The summed E-state index contributed by atoms with van der Waals surface area (Å²) < 4.78 is 5.66. The smallest absolute Gasteiger partial charge is 0.339 e. The summed E-state index contributed by atoms with van der Waals surface area (Å²) in [6.45, 7) is 0. The molecule has 0 fully saturated rings. The molecule has 1 atom stereocenters. The lowest BCUT2D eigenvalue weighted by atomic mass is 10.0. The van der Waals surface area contributed by atoms with Gasteiger partial charge in [0.25, 0.3) is 0 Å². The van der Waals surface area contributed by atoms with E-state index in [1.54, 1.807) is 18.2 Å². The Morgan fingerprint density at radius 2 is 2.11 bits per heavy atom. The van der Waals surface area contributed by atoms with Crippen molar-refractivity contribution in [3.05, 3.63) is 56.9 Å². The Hall–Kier alpha value is -1.30. The van der Waals surface area contributed by atoms with Crippen LogP contribution in [0.5, 0.6) is 0 Å². The van der Waals surface area contributed by atoms with Gasteiger partial charge in [0.15, 0.2) is 5.76 Å². The molecule has 0 aliphatic rings. The van der Waals surface area contributed by atoms with E-state index in [1.165, 1.54) is 12.3 Å². The van der Waals surface area contributed by atoms with Gasteiger partial charge in [0.1, 0.15) is 11.7 Å². The molecule has 0 bridgehead atoms. The van der Waals surface area contributed by atoms with Gasteiger partial charge in [-0.05, 0) is 24.3 Å². The van der Waals surface area contributed by atoms with Crippen LogP contribution >= 0.6 is 27.5 Å². The number of aliphatic hydroxyl groups excluding tert-OH is 1. The van der Waals surface area contributed by atoms with Crippen LogP contribution < -0.4 is 0 Å². The summed E-state index contributed by atoms with van der Waals surface area (Å²) in [5.74, 6) is -1.18. The molecule has 1 aromatic heterocycles. The van der Waals surface area contributed by atoms with Crippen LogP contribution in [0.3, 0.4) is 0 Å². The second-order valence-corrected chi connectivity index (χ2v) is 4.86. The Labute approximate surface area is 116 Å². The summed E-state index contributed by atoms with van der Waals surface area (Å²) in [6.07, 6.45) is 0.0275. The molecule has 2 N–H and O–H groups in total. The number of carboxylic acid groups (broad SMARTS) is 1. The second-order valence-electron chi connectivity index (χ2n) is 3.57. The largest absolute Gasteiger partial charge is 0.478 e. The van der Waals surface area contributed by atoms with Gasteiger partial charge in [0.05, 0.1) is 6.26 Å². The Morgan fingerprint density at radius 3 is 2.78 bits per heavy atom. The van der Waals surface area contributed by atoms with E-state index >= 15 is 0 Å². The van der Waals surface area contributed by atoms with Gasteiger partial charge in [0.2, 0.25) is 0 Å². The van der Waals surface area contributed by atoms with E-state index in [0.717, 1.165) is 0 Å². The SMILES string of the molecule is O=C(O)c1ccoc1C(O)c1cc(Cl)ccc1Br. The highest BCUT2D eigenvalue weighted by molar-refractivity contribution is 9.10. The van der Waals surface area contributed by atoms with Crippen molar-refractivity contribution in [2.45, 2.75) is 6.10 Å². The molecule has 1 heterocycles. The number of carboxylic acids is 1. The zero-order valence-electron chi connectivity index (χ0n) is 8.93. The number of benzene rings is 1. The van der Waals surface area contributed by atoms with E-state index in [4.69, 9.17) is 21.1 Å². The van der Waals surface area contributed by atoms with Crippen LogP contribution in [-0.2, 0) is 0 Å². The van der Waals surface area contributed by atoms with Crippen molar-refractivity contribution in [2.75, 3.05) is 0 Å². The Kier molecular flexibility index (Phi) is 3.75. The van der Waals surface area contributed by atoms with Crippen molar-refractivity contribution in [1.82, 2.24) is 0 Å². The minimum atomic E-state index is -1.20. The number of hydrogen-bond donors (Lipinski definition) is 2. The van der Waals surface area contributed by atoms with Gasteiger partial charge in [-0.3, -0.25) is 0 Å². The molecule has 0 spiro atoms. The number of rotatable bonds is 3. The van der Waals surface area contributed by atoms with Gasteiger partial charge in [0, 0.05) is 15.1 Å². The fraction of sp³-hybridized carbons (Fsp3) is 0.0833. The summed E-state index contributed by atoms with van der Waals surface area (Å²) in [7, 11) is 0. The van der Waals surface area contributed by atoms with Gasteiger partial charge in [-0.25, -0.2) is 4.79 Å². The molecule has 0 amide bonds. The molecule has 2 aromatic rings. The molecule has 0 saturated carbocycles. The Bertz CT molecular complexity index is 594. The van der Waals surface area contributed by atoms with E-state index in [9.17, 15) is 9.90 Å². The van der Waals surface area contributed by atoms with Crippen molar-refractivity contribution >= 4 is 33.5 Å². The number of aliphatic hydroxyl groups is 1. The fourth-order valence-corrected chi connectivity index (χ4v) is 2.22. The number of aromatic carboxylic acids is 1. The molecule has 0 aliphatic carbocycles. The average molecular weight is 332 g/mol. The predicted octanol–water partition coefficient (Wildman–Crippen LogP) is 3.48.